The number of carbonyl (C=O) groups excluding carboxylic acids is 1. The van der Waals surface area contributed by atoms with Crippen molar-refractivity contribution in [1.82, 2.24) is 0 Å². The molecule has 0 aliphatic rings. The summed E-state index contributed by atoms with van der Waals surface area (Å²) in [7, 11) is 1.27. The Morgan fingerprint density at radius 2 is 2.17 bits per heavy atom. The van der Waals surface area contributed by atoms with E-state index in [9.17, 15) is 9.18 Å². The van der Waals surface area contributed by atoms with Gasteiger partial charge in [-0.25, -0.2) is 9.18 Å². The minimum absolute atomic E-state index is 0.227. The monoisotopic (exact) mass is 265 g/mol. The summed E-state index contributed by atoms with van der Waals surface area (Å²) < 4.78 is 18.6. The molecule has 0 amide bonds. The van der Waals surface area contributed by atoms with E-state index >= 15 is 0 Å². The Labute approximate surface area is 108 Å². The molecular weight excluding hydrogens is 253 g/mol. The highest BCUT2D eigenvalue weighted by atomic mass is 32.1. The predicted molar refractivity (Wildman–Crippen MR) is 70.2 cm³/mol. The van der Waals surface area contributed by atoms with Crippen molar-refractivity contribution in [3.63, 3.8) is 0 Å². The van der Waals surface area contributed by atoms with Crippen LogP contribution in [0.5, 0.6) is 0 Å². The molecule has 5 heteroatoms. The van der Waals surface area contributed by atoms with Gasteiger partial charge in [0.1, 0.15) is 11.4 Å². The van der Waals surface area contributed by atoms with Gasteiger partial charge in [0.2, 0.25) is 0 Å². The summed E-state index contributed by atoms with van der Waals surface area (Å²) in [6.07, 6.45) is 0. The summed E-state index contributed by atoms with van der Waals surface area (Å²) in [6.45, 7) is 1.80. The summed E-state index contributed by atoms with van der Waals surface area (Å²) in [5.41, 5.74) is 7.44. The molecule has 0 unspecified atom stereocenters. The number of nitrogen functional groups attached to an aromatic ring is 1. The van der Waals surface area contributed by atoms with Crippen molar-refractivity contribution >= 4 is 23.0 Å². The number of nitrogens with two attached hydrogens (primary N) is 1. The number of hydrogen-bond donors (Lipinski definition) is 1. The van der Waals surface area contributed by atoms with Gasteiger partial charge in [0.05, 0.1) is 17.7 Å². The summed E-state index contributed by atoms with van der Waals surface area (Å²) in [4.78, 5) is 12.1. The maximum atomic E-state index is 13.9. The van der Waals surface area contributed by atoms with Crippen molar-refractivity contribution in [2.24, 2.45) is 0 Å². The summed E-state index contributed by atoms with van der Waals surface area (Å²) in [5, 5.41) is 1.61. The minimum atomic E-state index is -0.552. The largest absolute Gasteiger partial charge is 0.465 e. The summed E-state index contributed by atoms with van der Waals surface area (Å²) in [6, 6.07) is 4.85. The molecule has 0 radical (unpaired) electrons. The van der Waals surface area contributed by atoms with Gasteiger partial charge in [-0.15, -0.1) is 11.3 Å². The molecule has 94 valence electrons. The Bertz CT molecular complexity index is 607. The number of aryl methyl sites for hydroxylation is 1. The smallest absolute Gasteiger partial charge is 0.341 e. The Morgan fingerprint density at radius 3 is 2.78 bits per heavy atom. The molecule has 0 fully saturated rings. The fourth-order valence-electron chi connectivity index (χ4n) is 1.69. The number of methoxy groups -OCH3 is 1. The zero-order valence-electron chi connectivity index (χ0n) is 9.99. The van der Waals surface area contributed by atoms with Gasteiger partial charge in [0, 0.05) is 10.9 Å². The zero-order valence-corrected chi connectivity index (χ0v) is 10.8. The molecule has 1 heterocycles. The van der Waals surface area contributed by atoms with E-state index in [4.69, 9.17) is 5.73 Å². The second-order valence-electron chi connectivity index (χ2n) is 3.87. The molecule has 0 aliphatic carbocycles. The van der Waals surface area contributed by atoms with Gasteiger partial charge >= 0.3 is 5.97 Å². The van der Waals surface area contributed by atoms with Crippen molar-refractivity contribution in [2.75, 3.05) is 12.8 Å². The normalized spacial score (nSPS) is 10.4. The summed E-state index contributed by atoms with van der Waals surface area (Å²) in [5.74, 6) is -0.925. The fourth-order valence-corrected chi connectivity index (χ4v) is 2.66. The van der Waals surface area contributed by atoms with Crippen LogP contribution < -0.4 is 5.73 Å². The van der Waals surface area contributed by atoms with Gasteiger partial charge in [-0.3, -0.25) is 0 Å². The van der Waals surface area contributed by atoms with Crippen molar-refractivity contribution < 1.29 is 13.9 Å². The number of thiophene rings is 1. The zero-order chi connectivity index (χ0) is 13.3. The Balaban J connectivity index is 2.61. The number of rotatable bonds is 2. The van der Waals surface area contributed by atoms with E-state index in [1.165, 1.54) is 24.5 Å². The van der Waals surface area contributed by atoms with Gasteiger partial charge in [-0.05, 0) is 18.6 Å². The van der Waals surface area contributed by atoms with Crippen molar-refractivity contribution in [3.8, 4) is 10.4 Å². The van der Waals surface area contributed by atoms with Crippen LogP contribution in [0.3, 0.4) is 0 Å². The highest BCUT2D eigenvalue weighted by molar-refractivity contribution is 7.14. The van der Waals surface area contributed by atoms with Crippen LogP contribution >= 0.6 is 11.3 Å². The third-order valence-electron chi connectivity index (χ3n) is 2.58. The van der Waals surface area contributed by atoms with Gasteiger partial charge < -0.3 is 10.5 Å². The first-order valence-electron chi connectivity index (χ1n) is 5.26. The minimum Gasteiger partial charge on any atom is -0.465 e. The van der Waals surface area contributed by atoms with Crippen LogP contribution in [0.2, 0.25) is 0 Å². The van der Waals surface area contributed by atoms with Crippen LogP contribution in [0, 0.1) is 12.7 Å². The molecule has 0 bridgehead atoms. The second kappa shape index (κ2) is 4.78. The first kappa shape index (κ1) is 12.6. The van der Waals surface area contributed by atoms with Crippen molar-refractivity contribution in [2.45, 2.75) is 6.92 Å². The second-order valence-corrected chi connectivity index (χ2v) is 4.75. The molecule has 3 nitrogen and oxygen atoms in total. The Kier molecular flexibility index (Phi) is 3.34. The number of hydrogen-bond acceptors (Lipinski definition) is 4. The lowest BCUT2D eigenvalue weighted by molar-refractivity contribution is 0.0603. The molecule has 1 aromatic heterocycles. The van der Waals surface area contributed by atoms with Crippen LogP contribution in [-0.4, -0.2) is 13.1 Å². The van der Waals surface area contributed by atoms with E-state index in [0.717, 1.165) is 5.56 Å². The SMILES string of the molecule is COC(=O)c1c(N)csc1-c1ccc(C)cc1F. The first-order valence-corrected chi connectivity index (χ1v) is 6.14. The fraction of sp³-hybridized carbons (Fsp3) is 0.154. The van der Waals surface area contributed by atoms with Crippen LogP contribution in [0.4, 0.5) is 10.1 Å². The van der Waals surface area contributed by atoms with Crippen LogP contribution in [0.25, 0.3) is 10.4 Å². The lowest BCUT2D eigenvalue weighted by Crippen LogP contribution is -2.04. The number of anilines is 1. The van der Waals surface area contributed by atoms with Crippen molar-refractivity contribution in [3.05, 3.63) is 40.5 Å². The third kappa shape index (κ3) is 2.09. The molecule has 2 aromatic rings. The number of carbonyl (C=O) groups is 1. The predicted octanol–water partition coefficient (Wildman–Crippen LogP) is 3.23. The molecule has 2 rings (SSSR count). The standard InChI is InChI=1S/C13H12FNO2S/c1-7-3-4-8(9(14)5-7)12-11(13(16)17-2)10(15)6-18-12/h3-6H,15H2,1-2H3. The maximum absolute atomic E-state index is 13.9. The number of ether oxygens (including phenoxy) is 1. The maximum Gasteiger partial charge on any atom is 0.341 e. The lowest BCUT2D eigenvalue weighted by atomic mass is 10.1. The van der Waals surface area contributed by atoms with Gasteiger partial charge in [0.25, 0.3) is 0 Å². The first-order chi connectivity index (χ1) is 8.54. The summed E-state index contributed by atoms with van der Waals surface area (Å²) >= 11 is 1.23. The average Bonchev–Trinajstić information content (AvgIpc) is 2.70. The molecule has 1 aromatic carbocycles. The Morgan fingerprint density at radius 1 is 1.44 bits per heavy atom. The van der Waals surface area contributed by atoms with Gasteiger partial charge in [-0.2, -0.15) is 0 Å². The molecule has 0 atom stereocenters. The third-order valence-corrected chi connectivity index (χ3v) is 3.61. The molecule has 2 N–H and O–H groups in total. The van der Waals surface area contributed by atoms with E-state index in [1.54, 1.807) is 24.4 Å². The lowest BCUT2D eigenvalue weighted by Gasteiger charge is -2.05. The molecule has 0 saturated carbocycles. The van der Waals surface area contributed by atoms with Crippen molar-refractivity contribution in [1.29, 1.82) is 0 Å². The van der Waals surface area contributed by atoms with E-state index < -0.39 is 5.97 Å². The average molecular weight is 265 g/mol. The van der Waals surface area contributed by atoms with Crippen LogP contribution in [0.15, 0.2) is 23.6 Å². The number of esters is 1. The van der Waals surface area contributed by atoms with Gasteiger partial charge in [-0.1, -0.05) is 12.1 Å². The van der Waals surface area contributed by atoms with Crippen LogP contribution in [0.1, 0.15) is 15.9 Å². The van der Waals surface area contributed by atoms with E-state index in [2.05, 4.69) is 4.74 Å². The number of halogens is 1. The topological polar surface area (TPSA) is 52.3 Å². The molecule has 0 spiro atoms. The van der Waals surface area contributed by atoms with Gasteiger partial charge in [0.15, 0.2) is 0 Å². The molecule has 18 heavy (non-hydrogen) atoms. The molecule has 0 saturated heterocycles. The van der Waals surface area contributed by atoms with E-state index in [-0.39, 0.29) is 11.4 Å². The molecular formula is C13H12FNO2S. The van der Waals surface area contributed by atoms with E-state index in [0.29, 0.717) is 16.1 Å². The molecule has 0 aliphatic heterocycles. The van der Waals surface area contributed by atoms with E-state index in [1.807, 2.05) is 0 Å². The number of benzene rings is 1. The highest BCUT2D eigenvalue weighted by Gasteiger charge is 2.21. The highest BCUT2D eigenvalue weighted by Crippen LogP contribution is 2.36. The Hall–Kier alpha value is -1.88. The van der Waals surface area contributed by atoms with Crippen LogP contribution in [-0.2, 0) is 4.74 Å². The quantitative estimate of drug-likeness (QED) is 0.848.